The van der Waals surface area contributed by atoms with Gasteiger partial charge in [0.15, 0.2) is 5.82 Å². The molecular weight excluding hydrogens is 180 g/mol. The number of nitrogens with two attached hydrogens (primary N) is 2. The quantitative estimate of drug-likeness (QED) is 0.673. The molecule has 0 unspecified atom stereocenters. The molecule has 6 nitrogen and oxygen atoms in total. The monoisotopic (exact) mass is 190 g/mol. The smallest absolute Gasteiger partial charge is 0.204 e. The summed E-state index contributed by atoms with van der Waals surface area (Å²) < 4.78 is 1.84. The summed E-state index contributed by atoms with van der Waals surface area (Å²) in [5.41, 5.74) is 12.4. The lowest BCUT2D eigenvalue weighted by Crippen LogP contribution is -2.14. The summed E-state index contributed by atoms with van der Waals surface area (Å²) in [6, 6.07) is 0.406. The summed E-state index contributed by atoms with van der Waals surface area (Å²) in [5, 5.41) is 0. The molecule has 0 spiro atoms. The van der Waals surface area contributed by atoms with Gasteiger partial charge in [-0.3, -0.25) is 4.57 Å². The van der Waals surface area contributed by atoms with Crippen molar-refractivity contribution in [3.05, 3.63) is 6.33 Å². The number of imidazole rings is 1. The fraction of sp³-hybridized carbons (Fsp3) is 0.375. The van der Waals surface area contributed by atoms with E-state index in [1.165, 1.54) is 6.33 Å². The Kier molecular flexibility index (Phi) is 1.26. The van der Waals surface area contributed by atoms with Crippen molar-refractivity contribution in [1.82, 2.24) is 19.5 Å². The zero-order valence-corrected chi connectivity index (χ0v) is 7.51. The van der Waals surface area contributed by atoms with Gasteiger partial charge in [0.25, 0.3) is 0 Å². The van der Waals surface area contributed by atoms with Gasteiger partial charge in [0.1, 0.15) is 17.8 Å². The molecule has 0 saturated heterocycles. The molecule has 3 rings (SSSR count). The third-order valence-corrected chi connectivity index (χ3v) is 2.46. The van der Waals surface area contributed by atoms with Gasteiger partial charge in [-0.05, 0) is 12.8 Å². The van der Waals surface area contributed by atoms with Crippen molar-refractivity contribution in [3.63, 3.8) is 0 Å². The second-order valence-electron chi connectivity index (χ2n) is 3.50. The summed E-state index contributed by atoms with van der Waals surface area (Å²) >= 11 is 0. The van der Waals surface area contributed by atoms with Crippen molar-refractivity contribution < 1.29 is 0 Å². The maximum atomic E-state index is 5.95. The second-order valence-corrected chi connectivity index (χ2v) is 3.50. The predicted octanol–water partition coefficient (Wildman–Crippen LogP) is 0.277. The molecule has 0 bridgehead atoms. The molecule has 1 saturated carbocycles. The highest BCUT2D eigenvalue weighted by Crippen LogP contribution is 2.40. The Bertz CT molecular complexity index is 457. The maximum Gasteiger partial charge on any atom is 0.204 e. The molecule has 4 N–H and O–H groups in total. The SMILES string of the molecule is Nc1nc2ncnc-2c(N)n1C1CC1. The van der Waals surface area contributed by atoms with E-state index in [-0.39, 0.29) is 0 Å². The summed E-state index contributed by atoms with van der Waals surface area (Å²) in [7, 11) is 0. The molecule has 0 radical (unpaired) electrons. The molecule has 0 aromatic heterocycles. The van der Waals surface area contributed by atoms with Gasteiger partial charge in [0, 0.05) is 6.04 Å². The Hall–Kier alpha value is -1.85. The largest absolute Gasteiger partial charge is 0.383 e. The highest BCUT2D eigenvalue weighted by Gasteiger charge is 2.29. The zero-order chi connectivity index (χ0) is 9.71. The fourth-order valence-electron chi connectivity index (χ4n) is 1.64. The van der Waals surface area contributed by atoms with E-state index in [0.29, 0.717) is 29.3 Å². The molecule has 0 aromatic carbocycles. The molecular formula is C8H10N6. The average Bonchev–Trinajstić information content (AvgIpc) is 2.84. The average molecular weight is 190 g/mol. The Balaban J connectivity index is 2.31. The lowest BCUT2D eigenvalue weighted by atomic mass is 10.3. The normalized spacial score (nSPS) is 16.3. The number of nitrogens with zero attached hydrogens (tertiary/aromatic N) is 4. The number of fused-ring (bicyclic) bond motifs is 1. The van der Waals surface area contributed by atoms with Crippen molar-refractivity contribution in [1.29, 1.82) is 0 Å². The minimum absolute atomic E-state index is 0.406. The van der Waals surface area contributed by atoms with Gasteiger partial charge in [-0.25, -0.2) is 9.97 Å². The van der Waals surface area contributed by atoms with Crippen molar-refractivity contribution in [2.45, 2.75) is 18.9 Å². The minimum Gasteiger partial charge on any atom is -0.383 e. The molecule has 1 aliphatic carbocycles. The number of hydrogen-bond acceptors (Lipinski definition) is 5. The van der Waals surface area contributed by atoms with Gasteiger partial charge in [-0.1, -0.05) is 0 Å². The summed E-state index contributed by atoms with van der Waals surface area (Å²) in [5.74, 6) is 1.53. The van der Waals surface area contributed by atoms with Crippen molar-refractivity contribution >= 4 is 11.8 Å². The van der Waals surface area contributed by atoms with E-state index in [1.807, 2.05) is 4.57 Å². The summed E-state index contributed by atoms with van der Waals surface area (Å²) in [6.45, 7) is 0. The molecule has 1 fully saturated rings. The van der Waals surface area contributed by atoms with Crippen LogP contribution in [0.5, 0.6) is 0 Å². The topological polar surface area (TPSA) is 95.6 Å². The summed E-state index contributed by atoms with van der Waals surface area (Å²) in [4.78, 5) is 12.2. The van der Waals surface area contributed by atoms with Crippen LogP contribution in [0.2, 0.25) is 0 Å². The molecule has 6 heteroatoms. The summed E-state index contributed by atoms with van der Waals surface area (Å²) in [6.07, 6.45) is 3.67. The number of aromatic nitrogens is 4. The minimum atomic E-state index is 0.406. The van der Waals surface area contributed by atoms with Crippen LogP contribution in [0.25, 0.3) is 11.5 Å². The van der Waals surface area contributed by atoms with Crippen LogP contribution >= 0.6 is 0 Å². The van der Waals surface area contributed by atoms with Gasteiger partial charge in [-0.15, -0.1) is 0 Å². The fourth-order valence-corrected chi connectivity index (χ4v) is 1.64. The van der Waals surface area contributed by atoms with Crippen LogP contribution in [0.3, 0.4) is 0 Å². The number of nitrogen functional groups attached to an aromatic ring is 2. The van der Waals surface area contributed by atoms with Crippen molar-refractivity contribution in [3.8, 4) is 11.5 Å². The molecule has 0 amide bonds. The van der Waals surface area contributed by atoms with Gasteiger partial charge < -0.3 is 11.5 Å². The maximum absolute atomic E-state index is 5.95. The van der Waals surface area contributed by atoms with E-state index in [1.54, 1.807) is 0 Å². The van der Waals surface area contributed by atoms with E-state index in [9.17, 15) is 0 Å². The predicted molar refractivity (Wildman–Crippen MR) is 51.5 cm³/mol. The van der Waals surface area contributed by atoms with Gasteiger partial charge in [0.2, 0.25) is 5.95 Å². The van der Waals surface area contributed by atoms with Crippen LogP contribution in [0.15, 0.2) is 6.33 Å². The standard InChI is InChI=1S/C8H10N6/c9-6-5-7(12-3-11-5)13-8(10)14(6)4-1-2-4/h3-4H,1-2,9H2,(H2,10,11,12,13). The Morgan fingerprint density at radius 2 is 2.07 bits per heavy atom. The first-order valence-electron chi connectivity index (χ1n) is 4.51. The van der Waals surface area contributed by atoms with Gasteiger partial charge >= 0.3 is 0 Å². The lowest BCUT2D eigenvalue weighted by Gasteiger charge is -2.13. The number of rotatable bonds is 1. The van der Waals surface area contributed by atoms with Crippen LogP contribution in [0.4, 0.5) is 11.8 Å². The Morgan fingerprint density at radius 1 is 1.29 bits per heavy atom. The van der Waals surface area contributed by atoms with Crippen LogP contribution in [0.1, 0.15) is 18.9 Å². The third-order valence-electron chi connectivity index (χ3n) is 2.46. The zero-order valence-electron chi connectivity index (χ0n) is 7.51. The highest BCUT2D eigenvalue weighted by atomic mass is 15.2. The Morgan fingerprint density at radius 3 is 2.79 bits per heavy atom. The Labute approximate surface area is 80.3 Å². The molecule has 2 aliphatic heterocycles. The van der Waals surface area contributed by atoms with Crippen molar-refractivity contribution in [2.75, 3.05) is 11.5 Å². The first kappa shape index (κ1) is 7.54. The molecule has 14 heavy (non-hydrogen) atoms. The number of hydrogen-bond donors (Lipinski definition) is 2. The van der Waals surface area contributed by atoms with E-state index in [4.69, 9.17) is 11.5 Å². The van der Waals surface area contributed by atoms with E-state index in [0.717, 1.165) is 12.8 Å². The second kappa shape index (κ2) is 2.34. The van der Waals surface area contributed by atoms with E-state index < -0.39 is 0 Å². The molecule has 0 atom stereocenters. The van der Waals surface area contributed by atoms with Crippen LogP contribution in [0, 0.1) is 0 Å². The third kappa shape index (κ3) is 0.876. The molecule has 72 valence electrons. The highest BCUT2D eigenvalue weighted by molar-refractivity contribution is 5.67. The molecule has 2 heterocycles. The van der Waals surface area contributed by atoms with Gasteiger partial charge in [0.05, 0.1) is 0 Å². The molecule has 0 aromatic rings. The van der Waals surface area contributed by atoms with Crippen LogP contribution in [-0.2, 0) is 0 Å². The van der Waals surface area contributed by atoms with E-state index in [2.05, 4.69) is 15.0 Å². The number of anilines is 2. The van der Waals surface area contributed by atoms with Crippen molar-refractivity contribution in [2.24, 2.45) is 0 Å². The van der Waals surface area contributed by atoms with E-state index >= 15 is 0 Å². The molecule has 3 aliphatic rings. The van der Waals surface area contributed by atoms with Crippen LogP contribution < -0.4 is 11.5 Å². The van der Waals surface area contributed by atoms with Gasteiger partial charge in [-0.2, -0.15) is 4.98 Å². The van der Waals surface area contributed by atoms with Crippen LogP contribution in [-0.4, -0.2) is 19.5 Å². The lowest BCUT2D eigenvalue weighted by molar-refractivity contribution is 0.740. The first-order chi connectivity index (χ1) is 6.77. The first-order valence-corrected chi connectivity index (χ1v) is 4.51.